The summed E-state index contributed by atoms with van der Waals surface area (Å²) in [5.41, 5.74) is 2.09. The van der Waals surface area contributed by atoms with E-state index in [0.29, 0.717) is 0 Å². The normalized spacial score (nSPS) is 11.2. The molecule has 0 spiro atoms. The Morgan fingerprint density at radius 3 is 3.11 bits per heavy atom. The van der Waals surface area contributed by atoms with Gasteiger partial charge in [-0.2, -0.15) is 0 Å². The highest BCUT2D eigenvalue weighted by Crippen LogP contribution is 2.32. The molecule has 0 saturated carbocycles. The Balaban J connectivity index is 2.01. The third-order valence-electron chi connectivity index (χ3n) is 2.68. The van der Waals surface area contributed by atoms with Crippen molar-refractivity contribution < 1.29 is 5.11 Å². The number of hydrogen-bond acceptors (Lipinski definition) is 4. The number of nitrogens with zero attached hydrogens (tertiary/aromatic N) is 2. The Hall–Kier alpha value is -1.30. The van der Waals surface area contributed by atoms with Crippen LogP contribution in [0.15, 0.2) is 45.8 Å². The maximum absolute atomic E-state index is 9.49. The zero-order valence-corrected chi connectivity index (χ0v) is 11.5. The maximum atomic E-state index is 9.49. The lowest BCUT2D eigenvalue weighted by Crippen LogP contribution is -1.90. The van der Waals surface area contributed by atoms with E-state index in [1.165, 1.54) is 5.56 Å². The maximum Gasteiger partial charge on any atom is 0.195 e. The number of aryl methyl sites for hydroxylation is 1. The van der Waals surface area contributed by atoms with E-state index in [4.69, 9.17) is 0 Å². The fourth-order valence-electron chi connectivity index (χ4n) is 1.83. The van der Waals surface area contributed by atoms with Gasteiger partial charge in [-0.05, 0) is 19.1 Å². The first-order valence-corrected chi connectivity index (χ1v) is 7.27. The number of imidazole rings is 1. The molecular formula is C13H12N2OS2. The highest BCUT2D eigenvalue weighted by Gasteiger charge is 2.13. The summed E-state index contributed by atoms with van der Waals surface area (Å²) in [5.74, 6) is 0. The van der Waals surface area contributed by atoms with E-state index >= 15 is 0 Å². The quantitative estimate of drug-likeness (QED) is 0.797. The van der Waals surface area contributed by atoms with Crippen molar-refractivity contribution in [3.8, 4) is 0 Å². The van der Waals surface area contributed by atoms with Gasteiger partial charge in [0.05, 0.1) is 12.3 Å². The molecule has 0 saturated heterocycles. The molecular weight excluding hydrogens is 264 g/mol. The van der Waals surface area contributed by atoms with Gasteiger partial charge in [-0.1, -0.05) is 29.5 Å². The summed E-state index contributed by atoms with van der Waals surface area (Å²) in [7, 11) is 0. The molecule has 0 unspecified atom stereocenters. The van der Waals surface area contributed by atoms with Gasteiger partial charge in [-0.25, -0.2) is 4.98 Å². The molecule has 1 N–H and O–H groups in total. The van der Waals surface area contributed by atoms with Gasteiger partial charge in [0.2, 0.25) is 0 Å². The lowest BCUT2D eigenvalue weighted by Gasteiger charge is -2.02. The van der Waals surface area contributed by atoms with E-state index in [2.05, 4.69) is 30.1 Å². The van der Waals surface area contributed by atoms with Crippen LogP contribution >= 0.6 is 23.1 Å². The van der Waals surface area contributed by atoms with Crippen molar-refractivity contribution in [2.24, 2.45) is 0 Å². The van der Waals surface area contributed by atoms with Crippen molar-refractivity contribution in [1.82, 2.24) is 9.38 Å². The summed E-state index contributed by atoms with van der Waals surface area (Å²) in [6.07, 6.45) is 1.94. The summed E-state index contributed by atoms with van der Waals surface area (Å²) < 4.78 is 1.95. The van der Waals surface area contributed by atoms with Crippen LogP contribution in [0.25, 0.3) is 4.96 Å². The third kappa shape index (κ3) is 2.05. The molecule has 0 radical (unpaired) electrons. The summed E-state index contributed by atoms with van der Waals surface area (Å²) in [6.45, 7) is 2.08. The van der Waals surface area contributed by atoms with Crippen LogP contribution < -0.4 is 0 Å². The Bertz CT molecular complexity index is 687. The van der Waals surface area contributed by atoms with Crippen LogP contribution in [-0.4, -0.2) is 14.5 Å². The van der Waals surface area contributed by atoms with Crippen molar-refractivity contribution >= 4 is 28.1 Å². The van der Waals surface area contributed by atoms with Crippen molar-refractivity contribution in [2.75, 3.05) is 0 Å². The molecule has 3 aromatic rings. The molecule has 0 atom stereocenters. The molecule has 92 valence electrons. The van der Waals surface area contributed by atoms with Crippen molar-refractivity contribution in [2.45, 2.75) is 23.5 Å². The Morgan fingerprint density at radius 2 is 2.33 bits per heavy atom. The standard InChI is InChI=1S/C13H12N2OS2/c1-9-3-2-4-10(7-9)18-12-11(8-16)15-5-6-17-13(15)14-12/h2-7,16H,8H2,1H3. The van der Waals surface area contributed by atoms with Gasteiger partial charge in [-0.15, -0.1) is 11.3 Å². The first-order chi connectivity index (χ1) is 8.78. The largest absolute Gasteiger partial charge is 0.390 e. The van der Waals surface area contributed by atoms with Crippen molar-refractivity contribution in [3.63, 3.8) is 0 Å². The molecule has 0 aliphatic heterocycles. The first kappa shape index (κ1) is 11.8. The van der Waals surface area contributed by atoms with Gasteiger partial charge in [-0.3, -0.25) is 4.40 Å². The van der Waals surface area contributed by atoms with Gasteiger partial charge in [0.25, 0.3) is 0 Å². The molecule has 0 bridgehead atoms. The number of aromatic nitrogens is 2. The zero-order chi connectivity index (χ0) is 12.5. The van der Waals surface area contributed by atoms with Crippen LogP contribution in [0.4, 0.5) is 0 Å². The lowest BCUT2D eigenvalue weighted by atomic mass is 10.2. The fraction of sp³-hybridized carbons (Fsp3) is 0.154. The minimum atomic E-state index is 0.00600. The molecule has 0 aliphatic rings. The number of aliphatic hydroxyl groups excluding tert-OH is 1. The van der Waals surface area contributed by atoms with Gasteiger partial charge in [0.1, 0.15) is 5.03 Å². The smallest absolute Gasteiger partial charge is 0.195 e. The monoisotopic (exact) mass is 276 g/mol. The highest BCUT2D eigenvalue weighted by molar-refractivity contribution is 7.99. The van der Waals surface area contributed by atoms with Crippen molar-refractivity contribution in [1.29, 1.82) is 0 Å². The molecule has 0 aliphatic carbocycles. The van der Waals surface area contributed by atoms with Crippen LogP contribution in [0.5, 0.6) is 0 Å². The Kier molecular flexibility index (Phi) is 3.11. The van der Waals surface area contributed by atoms with Crippen LogP contribution in [0, 0.1) is 6.92 Å². The van der Waals surface area contributed by atoms with E-state index in [9.17, 15) is 5.11 Å². The van der Waals surface area contributed by atoms with Gasteiger partial charge >= 0.3 is 0 Å². The second-order valence-electron chi connectivity index (χ2n) is 4.00. The minimum Gasteiger partial charge on any atom is -0.390 e. The van der Waals surface area contributed by atoms with E-state index in [1.807, 2.05) is 22.0 Å². The zero-order valence-electron chi connectivity index (χ0n) is 9.83. The minimum absolute atomic E-state index is 0.00600. The number of rotatable bonds is 3. The predicted octanol–water partition coefficient (Wildman–Crippen LogP) is 3.35. The van der Waals surface area contributed by atoms with Crippen LogP contribution in [-0.2, 0) is 6.61 Å². The average Bonchev–Trinajstić information content (AvgIpc) is 2.89. The number of fused-ring (bicyclic) bond motifs is 1. The van der Waals surface area contributed by atoms with E-state index in [-0.39, 0.29) is 6.61 Å². The second kappa shape index (κ2) is 4.76. The topological polar surface area (TPSA) is 37.5 Å². The van der Waals surface area contributed by atoms with Crippen LogP contribution in [0.1, 0.15) is 11.3 Å². The molecule has 0 amide bonds. The molecule has 2 heterocycles. The highest BCUT2D eigenvalue weighted by atomic mass is 32.2. The lowest BCUT2D eigenvalue weighted by molar-refractivity contribution is 0.272. The predicted molar refractivity (Wildman–Crippen MR) is 74.3 cm³/mol. The number of benzene rings is 1. The van der Waals surface area contributed by atoms with Crippen molar-refractivity contribution in [3.05, 3.63) is 47.1 Å². The Labute approximate surface area is 113 Å². The summed E-state index contributed by atoms with van der Waals surface area (Å²) >= 11 is 3.18. The number of aliphatic hydroxyl groups is 1. The molecule has 2 aromatic heterocycles. The molecule has 18 heavy (non-hydrogen) atoms. The summed E-state index contributed by atoms with van der Waals surface area (Å²) in [4.78, 5) is 6.63. The van der Waals surface area contributed by atoms with Gasteiger partial charge in [0.15, 0.2) is 4.96 Å². The Morgan fingerprint density at radius 1 is 1.44 bits per heavy atom. The molecule has 5 heteroatoms. The molecule has 3 nitrogen and oxygen atoms in total. The SMILES string of the molecule is Cc1cccc(Sc2nc3sccn3c2CO)c1. The van der Waals surface area contributed by atoms with Gasteiger partial charge < -0.3 is 5.11 Å². The summed E-state index contributed by atoms with van der Waals surface area (Å²) in [5, 5.41) is 12.3. The van der Waals surface area contributed by atoms with E-state index in [0.717, 1.165) is 20.6 Å². The van der Waals surface area contributed by atoms with E-state index in [1.54, 1.807) is 23.1 Å². The molecule has 1 aromatic carbocycles. The molecule has 3 rings (SSSR count). The average molecular weight is 276 g/mol. The van der Waals surface area contributed by atoms with E-state index < -0.39 is 0 Å². The van der Waals surface area contributed by atoms with Crippen LogP contribution in [0.2, 0.25) is 0 Å². The fourth-order valence-corrected chi connectivity index (χ4v) is 3.65. The number of thiazole rings is 1. The van der Waals surface area contributed by atoms with Gasteiger partial charge in [0, 0.05) is 16.5 Å². The van der Waals surface area contributed by atoms with Crippen LogP contribution in [0.3, 0.4) is 0 Å². The first-order valence-electron chi connectivity index (χ1n) is 5.58. The molecule has 0 fully saturated rings. The number of hydrogen-bond donors (Lipinski definition) is 1. The second-order valence-corrected chi connectivity index (χ2v) is 5.93. The summed E-state index contributed by atoms with van der Waals surface area (Å²) in [6, 6.07) is 8.29. The third-order valence-corrected chi connectivity index (χ3v) is 4.44.